The second-order valence-corrected chi connectivity index (χ2v) is 27.9. The molecule has 0 bridgehead atoms. The molecule has 97 heavy (non-hydrogen) atoms. The van der Waals surface area contributed by atoms with Gasteiger partial charge in [-0.2, -0.15) is 10.5 Å². The number of hydrogen-bond acceptors (Lipinski definition) is 16. The Morgan fingerprint density at radius 3 is 1.41 bits per heavy atom. The molecule has 0 unspecified atom stereocenters. The molecule has 2 fully saturated rings. The van der Waals surface area contributed by atoms with Crippen molar-refractivity contribution in [3.8, 4) is 12.1 Å². The minimum absolute atomic E-state index is 0.0358. The summed E-state index contributed by atoms with van der Waals surface area (Å²) in [5.74, 6) is -1.52. The zero-order valence-electron chi connectivity index (χ0n) is 54.1. The van der Waals surface area contributed by atoms with Crippen LogP contribution in [0.2, 0.25) is 20.1 Å². The first-order valence-electron chi connectivity index (χ1n) is 31.4. The molecular formula is C72H70Cl4F2MnN14O4. The van der Waals surface area contributed by atoms with Crippen LogP contribution in [0.5, 0.6) is 0 Å². The van der Waals surface area contributed by atoms with Gasteiger partial charge in [-0.05, 0) is 175 Å². The van der Waals surface area contributed by atoms with Crippen molar-refractivity contribution in [2.45, 2.75) is 122 Å². The Bertz CT molecular complexity index is 4640. The number of halogens is 6. The van der Waals surface area contributed by atoms with Crippen LogP contribution in [-0.2, 0) is 41.9 Å². The fourth-order valence-corrected chi connectivity index (χ4v) is 13.6. The molecule has 2 saturated heterocycles. The number of carbonyl (C=O) groups is 1. The Morgan fingerprint density at radius 1 is 0.598 bits per heavy atom. The third-order valence-corrected chi connectivity index (χ3v) is 19.0. The van der Waals surface area contributed by atoms with Crippen molar-refractivity contribution in [3.05, 3.63) is 222 Å². The average molecular weight is 1430 g/mol. The number of nitrogens with one attached hydrogen (secondary N) is 2. The number of fused-ring (bicyclic) bond motifs is 2. The predicted molar refractivity (Wildman–Crippen MR) is 368 cm³/mol. The van der Waals surface area contributed by atoms with E-state index in [9.17, 15) is 29.2 Å². The molecule has 0 amide bonds. The number of piperidine rings is 2. The summed E-state index contributed by atoms with van der Waals surface area (Å²) >= 11 is 24.3. The first kappa shape index (κ1) is 71.5. The van der Waals surface area contributed by atoms with Crippen molar-refractivity contribution in [2.75, 3.05) is 36.8 Å². The number of hydrogen-bond donors (Lipinski definition) is 3. The van der Waals surface area contributed by atoms with Crippen molar-refractivity contribution in [1.29, 1.82) is 10.5 Å². The van der Waals surface area contributed by atoms with E-state index in [-0.39, 0.29) is 51.6 Å². The summed E-state index contributed by atoms with van der Waals surface area (Å²) in [4.78, 5) is 25.7. The number of nitrogens with zero attached hydrogens (tertiary/aromatic N) is 12. The summed E-state index contributed by atoms with van der Waals surface area (Å²) in [5.41, 5.74) is 10.5. The zero-order valence-corrected chi connectivity index (χ0v) is 58.3. The van der Waals surface area contributed by atoms with Crippen LogP contribution in [0.3, 0.4) is 0 Å². The van der Waals surface area contributed by atoms with Gasteiger partial charge in [-0.3, -0.25) is 24.6 Å². The molecule has 4 aromatic heterocycles. The Labute approximate surface area is 587 Å². The summed E-state index contributed by atoms with van der Waals surface area (Å²) in [6.45, 7) is 17.4. The van der Waals surface area contributed by atoms with Gasteiger partial charge in [0, 0.05) is 102 Å². The van der Waals surface area contributed by atoms with E-state index < -0.39 is 26.5 Å². The number of nitriles is 2. The van der Waals surface area contributed by atoms with Gasteiger partial charge in [0.2, 0.25) is 0 Å². The quantitative estimate of drug-likeness (QED) is 0.0602. The molecule has 18 nitrogen and oxygen atoms in total. The predicted octanol–water partition coefficient (Wildman–Crippen LogP) is 16.5. The van der Waals surface area contributed by atoms with Crippen LogP contribution < -0.4 is 10.6 Å². The third-order valence-electron chi connectivity index (χ3n) is 17.8. The van der Waals surface area contributed by atoms with E-state index in [0.717, 1.165) is 97.4 Å². The number of aliphatic hydroxyl groups is 1. The maximum atomic E-state index is 13.9. The number of rotatable bonds is 16. The monoisotopic (exact) mass is 1430 g/mol. The summed E-state index contributed by atoms with van der Waals surface area (Å²) < 4.78 is 48.6. The molecule has 3 N–H and O–H groups in total. The number of aliphatic hydroxyl groups excluding tert-OH is 1. The fraction of sp³-hybridized carbons (Fsp3) is 0.319. The van der Waals surface area contributed by atoms with Gasteiger partial charge in [0.05, 0.1) is 83.7 Å². The normalized spacial score (nSPS) is 14.7. The summed E-state index contributed by atoms with van der Waals surface area (Å²) in [7, 11) is 0. The molecule has 2 atom stereocenters. The number of pyridine rings is 2. The Kier molecular flexibility index (Phi) is 23.2. The maximum absolute atomic E-state index is 13.9. The Balaban J connectivity index is 0.000000202. The second kappa shape index (κ2) is 31.5. The molecular weight excluding hydrogens is 1360 g/mol. The van der Waals surface area contributed by atoms with Gasteiger partial charge in [0.1, 0.15) is 30.1 Å². The minimum atomic E-state index is -1.44. The first-order valence-corrected chi connectivity index (χ1v) is 33.9. The molecule has 2 aliphatic rings. The summed E-state index contributed by atoms with van der Waals surface area (Å²) in [6.07, 6.45) is 12.8. The van der Waals surface area contributed by atoms with E-state index in [4.69, 9.17) is 54.1 Å². The second-order valence-electron chi connectivity index (χ2n) is 26.1. The molecule has 10 aromatic rings. The van der Waals surface area contributed by atoms with Gasteiger partial charge < -0.3 is 15.7 Å². The molecule has 0 saturated carbocycles. The van der Waals surface area contributed by atoms with Gasteiger partial charge >= 0.3 is 22.5 Å². The molecule has 12 rings (SSSR count). The van der Waals surface area contributed by atoms with Gasteiger partial charge in [-0.25, -0.2) is 18.1 Å². The summed E-state index contributed by atoms with van der Waals surface area (Å²) in [6, 6.07) is 36.5. The number of likely N-dealkylation sites (tertiary alicyclic amines) is 2. The molecule has 2 aliphatic heterocycles. The number of carbonyl (C=O) groups excluding carboxylic acids is 1. The van der Waals surface area contributed by atoms with Gasteiger partial charge in [-0.1, -0.05) is 99.3 Å². The molecule has 6 heterocycles. The topological polar surface area (TPSA) is 237 Å². The molecule has 0 spiro atoms. The van der Waals surface area contributed by atoms with Gasteiger partial charge in [-0.15, -0.1) is 10.2 Å². The number of benzene rings is 6. The van der Waals surface area contributed by atoms with Crippen LogP contribution in [0.25, 0.3) is 21.8 Å². The standard InChI is InChI=1S/C36H36Cl2FN7O.C36H34Cl2FN7O.Mn.2O/c2*1-36(2,3)45-11-9-27(10-12-45)46-20-33(43-44-46)28(24-6-4-5-22(13-24)21-47)14-23-15-29-34(42-26-7-8-32(39)30(37)17-26)25(18-40)19-41-35(29)31(38)16-23;;;/h4-8,13,15-17,19-20,27-28,47H,9-12,14,21H2,1-3H3,(H,41,42);4-8,13,15-17,19-21,27-28H,9-12,14H2,1-3H3,(H,41,42);;;/t2*28-;;;/m00.../s1. The SMILES string of the molecule is CC(C)(C)N1CCC(n2cc([C@@H](Cc3cc(Cl)c4ncc(C#N)c(Nc5ccc(F)c(Cl)c5)c4c3)c3cccc(C=O)c3)nn2)CC1.CC(C)(C)N1CCC(n2cc([C@@H](Cc3cc(Cl)c4ncc(C#N)c(Nc5ccc(F)c(Cl)c5)c4c3)c3cccc(CO)c3)nn2)CC1.[O]=[Mn]=[O]. The average Bonchev–Trinajstić information content (AvgIpc) is 0.856. The van der Waals surface area contributed by atoms with E-state index in [1.54, 1.807) is 18.2 Å². The van der Waals surface area contributed by atoms with Crippen molar-refractivity contribution in [2.24, 2.45) is 0 Å². The van der Waals surface area contributed by atoms with E-state index in [2.05, 4.69) is 111 Å². The van der Waals surface area contributed by atoms with Crippen molar-refractivity contribution >= 4 is 97.2 Å². The van der Waals surface area contributed by atoms with E-state index in [0.29, 0.717) is 84.1 Å². The third kappa shape index (κ3) is 17.2. The Hall–Kier alpha value is -8.31. The molecule has 6 aromatic carbocycles. The van der Waals surface area contributed by atoms with Crippen LogP contribution in [0.1, 0.15) is 152 Å². The molecule has 25 heteroatoms. The van der Waals surface area contributed by atoms with E-state index in [1.807, 2.05) is 82.3 Å². The van der Waals surface area contributed by atoms with Crippen molar-refractivity contribution in [1.82, 2.24) is 49.8 Å². The van der Waals surface area contributed by atoms with Gasteiger partial charge in [0.15, 0.2) is 0 Å². The van der Waals surface area contributed by atoms with Crippen molar-refractivity contribution < 1.29 is 41.2 Å². The number of anilines is 4. The molecule has 501 valence electrons. The van der Waals surface area contributed by atoms with Gasteiger partial charge in [0.25, 0.3) is 0 Å². The fourth-order valence-electron chi connectivity index (χ4n) is 12.6. The number of aldehydes is 1. The first-order chi connectivity index (χ1) is 46.5. The van der Waals surface area contributed by atoms with Crippen LogP contribution >= 0.6 is 46.4 Å². The Morgan fingerprint density at radius 2 is 1.02 bits per heavy atom. The van der Waals surface area contributed by atoms with Crippen LogP contribution in [0.15, 0.2) is 134 Å². The van der Waals surface area contributed by atoms with Crippen molar-refractivity contribution in [3.63, 3.8) is 0 Å². The van der Waals surface area contributed by atoms with E-state index >= 15 is 0 Å². The zero-order chi connectivity index (χ0) is 69.3. The van der Waals surface area contributed by atoms with Crippen LogP contribution in [-0.4, -0.2) is 98.4 Å². The van der Waals surface area contributed by atoms with E-state index in [1.165, 1.54) is 36.7 Å². The molecule has 0 radical (unpaired) electrons. The summed E-state index contributed by atoms with van der Waals surface area (Å²) in [5, 5.41) is 56.9. The van der Waals surface area contributed by atoms with Crippen LogP contribution in [0, 0.1) is 34.3 Å². The number of aromatic nitrogens is 8. The molecule has 0 aliphatic carbocycles. The van der Waals surface area contributed by atoms with Crippen LogP contribution in [0.4, 0.5) is 31.5 Å².